The van der Waals surface area contributed by atoms with Gasteiger partial charge in [-0.3, -0.25) is 14.0 Å². The van der Waals surface area contributed by atoms with Gasteiger partial charge in [0.2, 0.25) is 0 Å². The molecule has 0 spiro atoms. The van der Waals surface area contributed by atoms with Gasteiger partial charge in [-0.05, 0) is 26.7 Å². The molecule has 0 aromatic carbocycles. The number of carbonyl (C=O) groups is 2. The zero-order valence-electron chi connectivity index (χ0n) is 12.7. The highest BCUT2D eigenvalue weighted by Gasteiger charge is 2.29. The van der Waals surface area contributed by atoms with E-state index >= 15 is 0 Å². The number of hydrogen-bond acceptors (Lipinski definition) is 5. The second kappa shape index (κ2) is 6.08. The van der Waals surface area contributed by atoms with Crippen LogP contribution in [-0.4, -0.2) is 45.9 Å². The number of carbonyl (C=O) groups excluding carboxylic acids is 2. The van der Waals surface area contributed by atoms with Crippen molar-refractivity contribution in [1.29, 1.82) is 0 Å². The number of aryl methyl sites for hydroxylation is 1. The highest BCUT2D eigenvalue weighted by molar-refractivity contribution is 7.17. The molecule has 2 aromatic heterocycles. The molecule has 118 valence electrons. The standard InChI is InChI=1S/C15H19N3O3S/c1-3-21-14(20)11-4-6-17(7-5-11)13(19)12-9-18-8-10(2)22-15(18)16-12/h8-9,11H,3-7H2,1-2H3. The lowest BCUT2D eigenvalue weighted by Gasteiger charge is -2.30. The van der Waals surface area contributed by atoms with Crippen molar-refractivity contribution in [3.05, 3.63) is 23.0 Å². The van der Waals surface area contributed by atoms with Gasteiger partial charge < -0.3 is 9.64 Å². The summed E-state index contributed by atoms with van der Waals surface area (Å²) in [6.07, 6.45) is 5.06. The molecule has 6 nitrogen and oxygen atoms in total. The average molecular weight is 321 g/mol. The van der Waals surface area contributed by atoms with Gasteiger partial charge in [0.1, 0.15) is 5.69 Å². The zero-order valence-corrected chi connectivity index (χ0v) is 13.6. The summed E-state index contributed by atoms with van der Waals surface area (Å²) in [5, 5.41) is 0. The molecule has 0 bridgehead atoms. The van der Waals surface area contributed by atoms with Crippen LogP contribution in [0, 0.1) is 12.8 Å². The van der Waals surface area contributed by atoms with Crippen LogP contribution in [0.5, 0.6) is 0 Å². The predicted molar refractivity (Wildman–Crippen MR) is 83.1 cm³/mol. The molecule has 3 rings (SSSR count). The van der Waals surface area contributed by atoms with Crippen LogP contribution in [0.2, 0.25) is 0 Å². The Bertz CT molecular complexity index is 667. The number of fused-ring (bicyclic) bond motifs is 1. The molecule has 1 fully saturated rings. The van der Waals surface area contributed by atoms with E-state index in [1.165, 1.54) is 0 Å². The van der Waals surface area contributed by atoms with Gasteiger partial charge in [0.15, 0.2) is 4.96 Å². The summed E-state index contributed by atoms with van der Waals surface area (Å²) >= 11 is 1.57. The van der Waals surface area contributed by atoms with Crippen molar-refractivity contribution < 1.29 is 14.3 Å². The molecular formula is C15H19N3O3S. The molecule has 2 aromatic rings. The van der Waals surface area contributed by atoms with Crippen molar-refractivity contribution in [2.45, 2.75) is 26.7 Å². The molecule has 0 atom stereocenters. The first-order valence-electron chi connectivity index (χ1n) is 7.49. The first kappa shape index (κ1) is 15.0. The highest BCUT2D eigenvalue weighted by atomic mass is 32.1. The minimum absolute atomic E-state index is 0.0594. The Morgan fingerprint density at radius 3 is 2.73 bits per heavy atom. The van der Waals surface area contributed by atoms with E-state index in [1.54, 1.807) is 22.4 Å². The Kier molecular flexibility index (Phi) is 4.15. The molecule has 1 saturated heterocycles. The van der Waals surface area contributed by atoms with E-state index in [2.05, 4.69) is 4.98 Å². The maximum Gasteiger partial charge on any atom is 0.309 e. The number of thiazole rings is 1. The van der Waals surface area contributed by atoms with Crippen molar-refractivity contribution >= 4 is 28.2 Å². The van der Waals surface area contributed by atoms with Gasteiger partial charge >= 0.3 is 5.97 Å². The number of ether oxygens (including phenoxy) is 1. The molecule has 7 heteroatoms. The summed E-state index contributed by atoms with van der Waals surface area (Å²) in [6, 6.07) is 0. The van der Waals surface area contributed by atoms with Gasteiger partial charge in [-0.25, -0.2) is 4.98 Å². The number of esters is 1. The SMILES string of the molecule is CCOC(=O)C1CCN(C(=O)c2cn3cc(C)sc3n2)CC1. The number of nitrogens with zero attached hydrogens (tertiary/aromatic N) is 3. The van der Waals surface area contributed by atoms with Gasteiger partial charge in [0.05, 0.1) is 12.5 Å². The summed E-state index contributed by atoms with van der Waals surface area (Å²) in [5.41, 5.74) is 0.473. The smallest absolute Gasteiger partial charge is 0.309 e. The van der Waals surface area contributed by atoms with Gasteiger partial charge in [-0.1, -0.05) is 0 Å². The molecule has 0 N–H and O–H groups in total. The number of amides is 1. The molecule has 0 radical (unpaired) electrons. The van der Waals surface area contributed by atoms with Crippen molar-refractivity contribution in [3.63, 3.8) is 0 Å². The van der Waals surface area contributed by atoms with Crippen LogP contribution in [0.25, 0.3) is 4.96 Å². The molecule has 22 heavy (non-hydrogen) atoms. The largest absolute Gasteiger partial charge is 0.466 e. The van der Waals surface area contributed by atoms with Crippen molar-refractivity contribution in [3.8, 4) is 0 Å². The Labute approximate surface area is 132 Å². The topological polar surface area (TPSA) is 63.9 Å². The second-order valence-electron chi connectivity index (χ2n) is 5.48. The van der Waals surface area contributed by atoms with E-state index in [1.807, 2.05) is 24.4 Å². The van der Waals surface area contributed by atoms with Crippen LogP contribution in [-0.2, 0) is 9.53 Å². The highest BCUT2D eigenvalue weighted by Crippen LogP contribution is 2.22. The maximum atomic E-state index is 12.5. The van der Waals surface area contributed by atoms with Crippen molar-refractivity contribution in [2.24, 2.45) is 5.92 Å². The van der Waals surface area contributed by atoms with Gasteiger partial charge in [0, 0.05) is 30.4 Å². The van der Waals surface area contributed by atoms with Crippen molar-refractivity contribution in [1.82, 2.24) is 14.3 Å². The Balaban J connectivity index is 1.64. The third kappa shape index (κ3) is 2.85. The van der Waals surface area contributed by atoms with E-state index in [4.69, 9.17) is 4.74 Å². The summed E-state index contributed by atoms with van der Waals surface area (Å²) in [4.78, 5) is 32.4. The van der Waals surface area contributed by atoms with E-state index in [0.29, 0.717) is 38.2 Å². The van der Waals surface area contributed by atoms with Crippen LogP contribution < -0.4 is 0 Å². The molecular weight excluding hydrogens is 302 g/mol. The van der Waals surface area contributed by atoms with Crippen LogP contribution >= 0.6 is 11.3 Å². The van der Waals surface area contributed by atoms with Crippen LogP contribution in [0.15, 0.2) is 12.4 Å². The lowest BCUT2D eigenvalue weighted by atomic mass is 9.97. The summed E-state index contributed by atoms with van der Waals surface area (Å²) < 4.78 is 6.93. The summed E-state index contributed by atoms with van der Waals surface area (Å²) in [6.45, 7) is 5.38. The van der Waals surface area contributed by atoms with Crippen LogP contribution in [0.4, 0.5) is 0 Å². The Hall–Kier alpha value is -1.89. The normalized spacial score (nSPS) is 16.2. The minimum Gasteiger partial charge on any atom is -0.466 e. The van der Waals surface area contributed by atoms with E-state index in [9.17, 15) is 9.59 Å². The molecule has 1 aliphatic heterocycles. The maximum absolute atomic E-state index is 12.5. The lowest BCUT2D eigenvalue weighted by molar-refractivity contribution is -0.149. The van der Waals surface area contributed by atoms with E-state index in [0.717, 1.165) is 9.84 Å². The molecule has 0 aliphatic carbocycles. The number of aromatic nitrogens is 2. The van der Waals surface area contributed by atoms with Gasteiger partial charge in [0.25, 0.3) is 5.91 Å². The number of hydrogen-bond donors (Lipinski definition) is 0. The Morgan fingerprint density at radius 1 is 1.36 bits per heavy atom. The van der Waals surface area contributed by atoms with E-state index in [-0.39, 0.29) is 17.8 Å². The number of likely N-dealkylation sites (tertiary alicyclic amines) is 1. The number of imidazole rings is 1. The first-order chi connectivity index (χ1) is 10.6. The molecule has 0 saturated carbocycles. The van der Waals surface area contributed by atoms with Crippen LogP contribution in [0.3, 0.4) is 0 Å². The van der Waals surface area contributed by atoms with Gasteiger partial charge in [-0.15, -0.1) is 11.3 Å². The monoisotopic (exact) mass is 321 g/mol. The lowest BCUT2D eigenvalue weighted by Crippen LogP contribution is -2.40. The molecule has 1 aliphatic rings. The van der Waals surface area contributed by atoms with E-state index < -0.39 is 0 Å². The molecule has 3 heterocycles. The van der Waals surface area contributed by atoms with Gasteiger partial charge in [-0.2, -0.15) is 0 Å². The molecule has 0 unspecified atom stereocenters. The molecule has 1 amide bonds. The van der Waals surface area contributed by atoms with Crippen LogP contribution in [0.1, 0.15) is 35.1 Å². The number of piperidine rings is 1. The zero-order chi connectivity index (χ0) is 15.7. The fraction of sp³-hybridized carbons (Fsp3) is 0.533. The average Bonchev–Trinajstić information content (AvgIpc) is 3.04. The minimum atomic E-state index is -0.146. The third-order valence-electron chi connectivity index (χ3n) is 3.89. The first-order valence-corrected chi connectivity index (χ1v) is 8.31. The third-order valence-corrected chi connectivity index (χ3v) is 4.80. The predicted octanol–water partition coefficient (Wildman–Crippen LogP) is 2.12. The van der Waals surface area contributed by atoms with Crippen molar-refractivity contribution in [2.75, 3.05) is 19.7 Å². The summed E-state index contributed by atoms with van der Waals surface area (Å²) in [7, 11) is 0. The Morgan fingerprint density at radius 2 is 2.09 bits per heavy atom. The second-order valence-corrected chi connectivity index (χ2v) is 6.69. The fourth-order valence-electron chi connectivity index (χ4n) is 2.75. The number of rotatable bonds is 3. The fourth-order valence-corrected chi connectivity index (χ4v) is 3.56. The summed E-state index contributed by atoms with van der Waals surface area (Å²) in [5.74, 6) is -0.291. The quantitative estimate of drug-likeness (QED) is 0.812.